The Morgan fingerprint density at radius 2 is 1.92 bits per heavy atom. The predicted octanol–water partition coefficient (Wildman–Crippen LogP) is -3.49. The fourth-order valence-corrected chi connectivity index (χ4v) is 1.79. The fourth-order valence-electron chi connectivity index (χ4n) is 1.79. The molecule has 1 aromatic rings. The molecular formula is C12H21N7O6. The molecular weight excluding hydrogens is 338 g/mol. The van der Waals surface area contributed by atoms with Crippen LogP contribution in [0.15, 0.2) is 4.52 Å². The number of nitrogens with zero attached hydrogens (tertiary/aromatic N) is 2. The lowest BCUT2D eigenvalue weighted by molar-refractivity contribution is -0.122. The van der Waals surface area contributed by atoms with Crippen LogP contribution < -0.4 is 27.8 Å². The number of amides is 4. The second-order valence-corrected chi connectivity index (χ2v) is 5.24. The van der Waals surface area contributed by atoms with Crippen LogP contribution in [0.1, 0.15) is 37.1 Å². The summed E-state index contributed by atoms with van der Waals surface area (Å²) >= 11 is 0. The summed E-state index contributed by atoms with van der Waals surface area (Å²) in [7, 11) is 0. The number of aromatic nitrogens is 2. The Hall–Kier alpha value is -2.77. The number of urea groups is 1. The Bertz CT molecular complexity index is 619. The van der Waals surface area contributed by atoms with E-state index >= 15 is 0 Å². The highest BCUT2D eigenvalue weighted by atomic mass is 16.5. The molecule has 0 aliphatic carbocycles. The van der Waals surface area contributed by atoms with Crippen molar-refractivity contribution in [2.45, 2.75) is 37.6 Å². The summed E-state index contributed by atoms with van der Waals surface area (Å²) < 4.78 is 4.91. The minimum Gasteiger partial charge on any atom is -0.394 e. The number of carbonyl (C=O) groups is 3. The highest BCUT2D eigenvalue weighted by molar-refractivity contribution is 5.86. The first kappa shape index (κ1) is 20.3. The quantitative estimate of drug-likeness (QED) is 0.231. The van der Waals surface area contributed by atoms with Crippen molar-refractivity contribution in [3.63, 3.8) is 0 Å². The largest absolute Gasteiger partial charge is 0.394 e. The molecule has 0 aromatic carbocycles. The van der Waals surface area contributed by atoms with Gasteiger partial charge in [0.15, 0.2) is 5.82 Å². The highest BCUT2D eigenvalue weighted by Crippen LogP contribution is 2.16. The molecule has 0 fully saturated rings. The van der Waals surface area contributed by atoms with Gasteiger partial charge in [-0.2, -0.15) is 4.98 Å². The fraction of sp³-hybridized carbons (Fsp3) is 0.583. The zero-order valence-corrected chi connectivity index (χ0v) is 13.4. The van der Waals surface area contributed by atoms with E-state index in [0.29, 0.717) is 0 Å². The molecule has 140 valence electrons. The van der Waals surface area contributed by atoms with E-state index in [1.165, 1.54) is 6.92 Å². The Balaban J connectivity index is 2.89. The van der Waals surface area contributed by atoms with Crippen molar-refractivity contribution in [2.75, 3.05) is 6.61 Å². The first-order chi connectivity index (χ1) is 11.6. The van der Waals surface area contributed by atoms with E-state index in [0.717, 1.165) is 0 Å². The van der Waals surface area contributed by atoms with Gasteiger partial charge in [-0.1, -0.05) is 5.16 Å². The number of aliphatic hydroxyl groups excluding tert-OH is 2. The summed E-state index contributed by atoms with van der Waals surface area (Å²) in [4.78, 5) is 38.2. The van der Waals surface area contributed by atoms with E-state index in [1.807, 2.05) is 0 Å². The first-order valence-electron chi connectivity index (χ1n) is 7.18. The molecule has 0 spiro atoms. The maximum atomic E-state index is 12.0. The first-order valence-corrected chi connectivity index (χ1v) is 7.18. The van der Waals surface area contributed by atoms with Gasteiger partial charge in [0, 0.05) is 0 Å². The predicted molar refractivity (Wildman–Crippen MR) is 81.2 cm³/mol. The third-order valence-corrected chi connectivity index (χ3v) is 3.07. The molecule has 1 aromatic heterocycles. The smallest absolute Gasteiger partial charge is 0.316 e. The van der Waals surface area contributed by atoms with Crippen LogP contribution in [0.25, 0.3) is 0 Å². The second kappa shape index (κ2) is 8.91. The van der Waals surface area contributed by atoms with Gasteiger partial charge in [-0.25, -0.2) is 4.79 Å². The van der Waals surface area contributed by atoms with Crippen molar-refractivity contribution in [3.8, 4) is 0 Å². The average molecular weight is 359 g/mol. The van der Waals surface area contributed by atoms with E-state index < -0.39 is 48.7 Å². The van der Waals surface area contributed by atoms with Crippen molar-refractivity contribution in [1.29, 1.82) is 0 Å². The van der Waals surface area contributed by atoms with Crippen LogP contribution in [0.2, 0.25) is 0 Å². The Kier molecular flexibility index (Phi) is 7.22. The van der Waals surface area contributed by atoms with Gasteiger partial charge in [-0.3, -0.25) is 9.59 Å². The molecule has 10 N–H and O–H groups in total. The molecule has 25 heavy (non-hydrogen) atoms. The second-order valence-electron chi connectivity index (χ2n) is 5.24. The van der Waals surface area contributed by atoms with Crippen molar-refractivity contribution >= 4 is 17.8 Å². The third kappa shape index (κ3) is 5.98. The molecule has 0 radical (unpaired) electrons. The average Bonchev–Trinajstić information content (AvgIpc) is 3.00. The van der Waals surface area contributed by atoms with Crippen LogP contribution in [0.4, 0.5) is 4.79 Å². The highest BCUT2D eigenvalue weighted by Gasteiger charge is 2.28. The number of rotatable bonds is 9. The van der Waals surface area contributed by atoms with Gasteiger partial charge >= 0.3 is 6.03 Å². The minimum absolute atomic E-state index is 0.0341. The van der Waals surface area contributed by atoms with E-state index in [1.54, 1.807) is 0 Å². The number of nitrogens with one attached hydrogen (secondary N) is 2. The van der Waals surface area contributed by atoms with Crippen LogP contribution in [0, 0.1) is 0 Å². The van der Waals surface area contributed by atoms with Gasteiger partial charge in [-0.15, -0.1) is 0 Å². The molecule has 1 heterocycles. The van der Waals surface area contributed by atoms with Gasteiger partial charge < -0.3 is 42.6 Å². The zero-order chi connectivity index (χ0) is 19.1. The van der Waals surface area contributed by atoms with Gasteiger partial charge in [0.1, 0.15) is 12.1 Å². The number of primary amides is 2. The lowest BCUT2D eigenvalue weighted by atomic mass is 10.1. The van der Waals surface area contributed by atoms with Crippen molar-refractivity contribution < 1.29 is 29.1 Å². The molecule has 1 rings (SSSR count). The van der Waals surface area contributed by atoms with Crippen molar-refractivity contribution in [1.82, 2.24) is 20.8 Å². The van der Waals surface area contributed by atoms with E-state index in [2.05, 4.69) is 20.8 Å². The summed E-state index contributed by atoms with van der Waals surface area (Å²) in [6.07, 6.45) is -1.63. The number of hydrogen-bond acceptors (Lipinski definition) is 9. The summed E-state index contributed by atoms with van der Waals surface area (Å²) in [5.74, 6) is -1.95. The summed E-state index contributed by atoms with van der Waals surface area (Å²) in [5.41, 5.74) is 15.7. The lowest BCUT2D eigenvalue weighted by Gasteiger charge is -2.20. The number of hydrogen-bond donors (Lipinski definition) is 7. The molecule has 4 unspecified atom stereocenters. The molecule has 0 saturated carbocycles. The Labute approximate surface area is 141 Å². The molecule has 13 heteroatoms. The summed E-state index contributed by atoms with van der Waals surface area (Å²) in [6, 6.07) is -4.31. The van der Waals surface area contributed by atoms with Crippen molar-refractivity contribution in [2.24, 2.45) is 17.2 Å². The third-order valence-electron chi connectivity index (χ3n) is 3.07. The minimum atomic E-state index is -1.35. The van der Waals surface area contributed by atoms with Gasteiger partial charge in [0.05, 0.1) is 25.2 Å². The normalized spacial score (nSPS) is 15.7. The molecule has 0 aliphatic heterocycles. The van der Waals surface area contributed by atoms with Crippen molar-refractivity contribution in [3.05, 3.63) is 11.7 Å². The van der Waals surface area contributed by atoms with E-state index in [9.17, 15) is 19.5 Å². The van der Waals surface area contributed by atoms with Gasteiger partial charge in [-0.05, 0) is 6.92 Å². The number of aliphatic hydroxyl groups is 2. The van der Waals surface area contributed by atoms with Crippen LogP contribution in [-0.2, 0) is 9.59 Å². The summed E-state index contributed by atoms with van der Waals surface area (Å²) in [5, 5.41) is 26.4. The molecule has 4 amide bonds. The van der Waals surface area contributed by atoms with E-state index in [4.69, 9.17) is 26.8 Å². The molecule has 0 saturated heterocycles. The number of carbonyl (C=O) groups excluding carboxylic acids is 3. The standard InChI is InChI=1S/C12H21N7O6/c1-4(21)8(9(15)23)17-12(24)16-6(2-7(14)22)11-18-10(19-25-11)5(13)3-20/h4-6,8,20-21H,2-3,13H2,1H3,(H2,14,22)(H2,15,23)(H2,16,17,24). The summed E-state index contributed by atoms with van der Waals surface area (Å²) in [6.45, 7) is 0.819. The monoisotopic (exact) mass is 359 g/mol. The number of nitrogens with two attached hydrogens (primary N) is 3. The SMILES string of the molecule is CC(O)C(NC(=O)NC(CC(N)=O)c1nc(C(N)CO)no1)C(N)=O. The van der Waals surface area contributed by atoms with Crippen LogP contribution in [0.3, 0.4) is 0 Å². The van der Waals surface area contributed by atoms with Crippen LogP contribution >= 0.6 is 0 Å². The molecule has 13 nitrogen and oxygen atoms in total. The van der Waals surface area contributed by atoms with Gasteiger partial charge in [0.25, 0.3) is 0 Å². The molecule has 4 atom stereocenters. The Morgan fingerprint density at radius 1 is 1.28 bits per heavy atom. The molecule has 0 bridgehead atoms. The lowest BCUT2D eigenvalue weighted by Crippen LogP contribution is -2.54. The van der Waals surface area contributed by atoms with Crippen LogP contribution in [-0.4, -0.2) is 57.0 Å². The van der Waals surface area contributed by atoms with Crippen LogP contribution in [0.5, 0.6) is 0 Å². The van der Waals surface area contributed by atoms with E-state index in [-0.39, 0.29) is 18.1 Å². The maximum Gasteiger partial charge on any atom is 0.316 e. The van der Waals surface area contributed by atoms with Gasteiger partial charge in [0.2, 0.25) is 17.7 Å². The topological polar surface area (TPSA) is 233 Å². The maximum absolute atomic E-state index is 12.0. The zero-order valence-electron chi connectivity index (χ0n) is 13.4. The Morgan fingerprint density at radius 3 is 2.40 bits per heavy atom. The molecule has 0 aliphatic rings.